The molecule has 116 valence electrons. The second-order valence-corrected chi connectivity index (χ2v) is 5.58. The van der Waals surface area contributed by atoms with Gasteiger partial charge in [0.25, 0.3) is 5.91 Å². The van der Waals surface area contributed by atoms with E-state index in [-0.39, 0.29) is 11.7 Å². The summed E-state index contributed by atoms with van der Waals surface area (Å²) in [5, 5.41) is 2.79. The van der Waals surface area contributed by atoms with Crippen molar-refractivity contribution in [1.82, 2.24) is 5.32 Å². The number of nitrogens with one attached hydrogen (secondary N) is 1. The summed E-state index contributed by atoms with van der Waals surface area (Å²) in [5.74, 6) is 0.223. The van der Waals surface area contributed by atoms with Gasteiger partial charge in [0, 0.05) is 6.42 Å². The molecule has 2 aromatic carbocycles. The van der Waals surface area contributed by atoms with Crippen LogP contribution in [0.2, 0.25) is 0 Å². The molecule has 0 saturated carbocycles. The molecule has 0 saturated heterocycles. The van der Waals surface area contributed by atoms with Gasteiger partial charge in [-0.25, -0.2) is 9.38 Å². The standard InChI is InChI=1S/C19H17FN2O/c1-13-2-4-15(5-3-13)12-17-19(23)22-18(21-17)11-8-14-6-9-16(20)10-7-14/h2-7,9-10,12H,8,11H2,1H3,(H,21,22,23)/b17-12+. The first-order valence-electron chi connectivity index (χ1n) is 7.52. The van der Waals surface area contributed by atoms with Gasteiger partial charge < -0.3 is 5.32 Å². The number of carbonyl (C=O) groups excluding carboxylic acids is 1. The van der Waals surface area contributed by atoms with Crippen LogP contribution in [-0.2, 0) is 11.2 Å². The number of amides is 1. The fraction of sp³-hybridized carbons (Fsp3) is 0.158. The summed E-state index contributed by atoms with van der Waals surface area (Å²) < 4.78 is 12.9. The number of hydrogen-bond acceptors (Lipinski definition) is 2. The van der Waals surface area contributed by atoms with Gasteiger partial charge in [-0.3, -0.25) is 4.79 Å². The zero-order valence-corrected chi connectivity index (χ0v) is 12.8. The number of nitrogens with zero attached hydrogens (tertiary/aromatic N) is 1. The van der Waals surface area contributed by atoms with Gasteiger partial charge in [-0.2, -0.15) is 0 Å². The van der Waals surface area contributed by atoms with Crippen molar-refractivity contribution < 1.29 is 9.18 Å². The summed E-state index contributed by atoms with van der Waals surface area (Å²) in [6.45, 7) is 2.02. The molecule has 0 atom stereocenters. The largest absolute Gasteiger partial charge is 0.309 e. The van der Waals surface area contributed by atoms with Crippen molar-refractivity contribution in [2.75, 3.05) is 0 Å². The van der Waals surface area contributed by atoms with E-state index < -0.39 is 0 Å². The monoisotopic (exact) mass is 308 g/mol. The summed E-state index contributed by atoms with van der Waals surface area (Å²) in [6, 6.07) is 14.3. The molecule has 0 aromatic heterocycles. The van der Waals surface area contributed by atoms with Crippen LogP contribution in [0.1, 0.15) is 23.1 Å². The molecule has 1 heterocycles. The van der Waals surface area contributed by atoms with Crippen LogP contribution in [0, 0.1) is 12.7 Å². The lowest BCUT2D eigenvalue weighted by atomic mass is 10.1. The van der Waals surface area contributed by atoms with E-state index in [1.165, 1.54) is 17.7 Å². The third-order valence-electron chi connectivity index (χ3n) is 3.69. The molecule has 1 aliphatic rings. The van der Waals surface area contributed by atoms with E-state index in [2.05, 4.69) is 10.3 Å². The van der Waals surface area contributed by atoms with Gasteiger partial charge in [-0.05, 0) is 42.7 Å². The van der Waals surface area contributed by atoms with Crippen LogP contribution in [0.25, 0.3) is 6.08 Å². The Hall–Kier alpha value is -2.75. The van der Waals surface area contributed by atoms with Crippen molar-refractivity contribution in [3.8, 4) is 0 Å². The number of aliphatic imine (C=N–C) groups is 1. The highest BCUT2D eigenvalue weighted by molar-refractivity contribution is 6.14. The molecule has 0 spiro atoms. The number of halogens is 1. The maximum atomic E-state index is 12.9. The van der Waals surface area contributed by atoms with Gasteiger partial charge >= 0.3 is 0 Å². The molecule has 0 fully saturated rings. The third kappa shape index (κ3) is 3.92. The molecule has 1 N–H and O–H groups in total. The lowest BCUT2D eigenvalue weighted by Crippen LogP contribution is -2.24. The van der Waals surface area contributed by atoms with Crippen LogP contribution < -0.4 is 5.32 Å². The van der Waals surface area contributed by atoms with Gasteiger partial charge in [0.05, 0.1) is 0 Å². The zero-order valence-electron chi connectivity index (χ0n) is 12.8. The van der Waals surface area contributed by atoms with E-state index in [4.69, 9.17) is 0 Å². The van der Waals surface area contributed by atoms with Gasteiger partial charge in [0.1, 0.15) is 17.3 Å². The number of amidine groups is 1. The molecule has 4 heteroatoms. The Morgan fingerprint density at radius 1 is 1.04 bits per heavy atom. The van der Waals surface area contributed by atoms with Crippen LogP contribution in [0.3, 0.4) is 0 Å². The molecule has 23 heavy (non-hydrogen) atoms. The number of benzene rings is 2. The molecule has 1 aliphatic heterocycles. The average molecular weight is 308 g/mol. The summed E-state index contributed by atoms with van der Waals surface area (Å²) in [7, 11) is 0. The lowest BCUT2D eigenvalue weighted by Gasteiger charge is -2.01. The predicted octanol–water partition coefficient (Wildman–Crippen LogP) is 3.64. The van der Waals surface area contributed by atoms with Crippen molar-refractivity contribution >= 4 is 17.8 Å². The number of hydrogen-bond donors (Lipinski definition) is 1. The van der Waals surface area contributed by atoms with Crippen molar-refractivity contribution in [2.45, 2.75) is 19.8 Å². The Morgan fingerprint density at radius 3 is 2.43 bits per heavy atom. The molecule has 1 amide bonds. The smallest absolute Gasteiger partial charge is 0.275 e. The Labute approximate surface area is 134 Å². The maximum absolute atomic E-state index is 12.9. The highest BCUT2D eigenvalue weighted by Crippen LogP contribution is 2.15. The minimum absolute atomic E-state index is 0.181. The van der Waals surface area contributed by atoms with E-state index >= 15 is 0 Å². The minimum atomic E-state index is -0.247. The van der Waals surface area contributed by atoms with Gasteiger partial charge in [-0.15, -0.1) is 0 Å². The number of aryl methyl sites for hydroxylation is 2. The van der Waals surface area contributed by atoms with Gasteiger partial charge in [0.15, 0.2) is 0 Å². The summed E-state index contributed by atoms with van der Waals surface area (Å²) in [4.78, 5) is 16.3. The van der Waals surface area contributed by atoms with E-state index in [0.717, 1.165) is 11.1 Å². The van der Waals surface area contributed by atoms with Crippen LogP contribution in [0.15, 0.2) is 59.2 Å². The normalized spacial score (nSPS) is 15.7. The number of rotatable bonds is 4. The van der Waals surface area contributed by atoms with Gasteiger partial charge in [-0.1, -0.05) is 42.0 Å². The summed E-state index contributed by atoms with van der Waals surface area (Å²) in [5.41, 5.74) is 3.55. The molecule has 0 unspecified atom stereocenters. The number of carbonyl (C=O) groups is 1. The second-order valence-electron chi connectivity index (χ2n) is 5.58. The Balaban J connectivity index is 1.68. The second kappa shape index (κ2) is 6.57. The van der Waals surface area contributed by atoms with Crippen LogP contribution in [0.5, 0.6) is 0 Å². The fourth-order valence-corrected chi connectivity index (χ4v) is 2.37. The SMILES string of the molecule is Cc1ccc(/C=C2/N=C(CCc3ccc(F)cc3)NC2=O)cc1. The molecule has 3 rings (SSSR count). The first-order valence-corrected chi connectivity index (χ1v) is 7.52. The predicted molar refractivity (Wildman–Crippen MR) is 89.5 cm³/mol. The molecular formula is C19H17FN2O. The molecule has 0 aliphatic carbocycles. The first-order chi connectivity index (χ1) is 11.1. The highest BCUT2D eigenvalue weighted by atomic mass is 19.1. The zero-order chi connectivity index (χ0) is 16.2. The molecule has 0 radical (unpaired) electrons. The molecular weight excluding hydrogens is 291 g/mol. The summed E-state index contributed by atoms with van der Waals surface area (Å²) in [6.07, 6.45) is 3.10. The van der Waals surface area contributed by atoms with Crippen molar-refractivity contribution in [3.63, 3.8) is 0 Å². The van der Waals surface area contributed by atoms with E-state index in [0.29, 0.717) is 24.4 Å². The van der Waals surface area contributed by atoms with E-state index in [9.17, 15) is 9.18 Å². The molecule has 2 aromatic rings. The maximum Gasteiger partial charge on any atom is 0.275 e. The van der Waals surface area contributed by atoms with Crippen LogP contribution >= 0.6 is 0 Å². The lowest BCUT2D eigenvalue weighted by molar-refractivity contribution is -0.115. The third-order valence-corrected chi connectivity index (χ3v) is 3.69. The van der Waals surface area contributed by atoms with Crippen LogP contribution in [-0.4, -0.2) is 11.7 Å². The molecule has 3 nitrogen and oxygen atoms in total. The Kier molecular flexibility index (Phi) is 4.33. The Morgan fingerprint density at radius 2 is 1.74 bits per heavy atom. The van der Waals surface area contributed by atoms with Gasteiger partial charge in [0.2, 0.25) is 0 Å². The minimum Gasteiger partial charge on any atom is -0.309 e. The van der Waals surface area contributed by atoms with E-state index in [1.54, 1.807) is 18.2 Å². The first kappa shape index (κ1) is 15.2. The quantitative estimate of drug-likeness (QED) is 0.861. The Bertz CT molecular complexity index is 774. The molecule has 0 bridgehead atoms. The van der Waals surface area contributed by atoms with Crippen molar-refractivity contribution in [3.05, 3.63) is 76.7 Å². The van der Waals surface area contributed by atoms with E-state index in [1.807, 2.05) is 31.2 Å². The van der Waals surface area contributed by atoms with Crippen LogP contribution in [0.4, 0.5) is 4.39 Å². The average Bonchev–Trinajstić information content (AvgIpc) is 2.89. The fourth-order valence-electron chi connectivity index (χ4n) is 2.37. The topological polar surface area (TPSA) is 41.5 Å². The van der Waals surface area contributed by atoms with Crippen molar-refractivity contribution in [2.24, 2.45) is 4.99 Å². The van der Waals surface area contributed by atoms with Crippen molar-refractivity contribution in [1.29, 1.82) is 0 Å². The highest BCUT2D eigenvalue weighted by Gasteiger charge is 2.19. The summed E-state index contributed by atoms with van der Waals surface area (Å²) >= 11 is 0.